The molecule has 174 valence electrons. The molecule has 3 heterocycles. The molecule has 1 aliphatic carbocycles. The van der Waals surface area contributed by atoms with E-state index in [-0.39, 0.29) is 35.9 Å². The molecule has 2 unspecified atom stereocenters. The molecule has 0 amide bonds. The minimum Gasteiger partial charge on any atom is -0.368 e. The number of ether oxygens (including phenoxy) is 1. The van der Waals surface area contributed by atoms with Crippen molar-refractivity contribution in [3.8, 4) is 0 Å². The van der Waals surface area contributed by atoms with Crippen molar-refractivity contribution in [2.75, 3.05) is 13.1 Å². The van der Waals surface area contributed by atoms with Gasteiger partial charge in [-0.2, -0.15) is 0 Å². The number of aromatic nitrogens is 2. The van der Waals surface area contributed by atoms with Crippen LogP contribution >= 0.6 is 0 Å². The zero-order chi connectivity index (χ0) is 23.2. The number of fused-ring (bicyclic) bond motifs is 3. The first-order valence-corrected chi connectivity index (χ1v) is 11.7. The summed E-state index contributed by atoms with van der Waals surface area (Å²) in [6.07, 6.45) is 8.13. The molecule has 2 atom stereocenters. The Balaban J connectivity index is 1.45. The molecule has 1 fully saturated rings. The molecule has 7 heteroatoms. The molecule has 0 bridgehead atoms. The van der Waals surface area contributed by atoms with E-state index in [1.165, 1.54) is 24.3 Å². The summed E-state index contributed by atoms with van der Waals surface area (Å²) < 4.78 is 35.8. The average Bonchev–Trinajstić information content (AvgIpc) is 3.09. The Labute approximate surface area is 195 Å². The maximum absolute atomic E-state index is 14.0. The molecule has 3 aliphatic rings. The molecule has 1 aromatic heterocycles. The maximum atomic E-state index is 14.0. The average molecular weight is 462 g/mol. The molecule has 2 aliphatic heterocycles. The van der Waals surface area contributed by atoms with Crippen molar-refractivity contribution >= 4 is 22.7 Å². The smallest absolute Gasteiger partial charge is 0.326 e. The van der Waals surface area contributed by atoms with Gasteiger partial charge in [0, 0.05) is 12.0 Å². The number of aromatic amines is 1. The van der Waals surface area contributed by atoms with Crippen LogP contribution in [-0.2, 0) is 11.3 Å². The minimum atomic E-state index is -0.476. The first-order chi connectivity index (χ1) is 16.6. The van der Waals surface area contributed by atoms with Gasteiger partial charge in [-0.05, 0) is 84.6 Å². The van der Waals surface area contributed by atoms with Crippen LogP contribution in [0.4, 0.5) is 8.78 Å². The Bertz CT molecular complexity index is 1410. The molecule has 0 radical (unpaired) electrons. The summed E-state index contributed by atoms with van der Waals surface area (Å²) in [5.74, 6) is -0.877. The highest BCUT2D eigenvalue weighted by atomic mass is 19.1. The fourth-order valence-electron chi connectivity index (χ4n) is 5.40. The number of hydrogen-bond donors (Lipinski definition) is 2. The fourth-order valence-corrected chi connectivity index (χ4v) is 5.40. The molecule has 34 heavy (non-hydrogen) atoms. The van der Waals surface area contributed by atoms with Gasteiger partial charge in [-0.1, -0.05) is 24.3 Å². The Kier molecular flexibility index (Phi) is 5.31. The molecular formula is C27H25F2N3O2. The van der Waals surface area contributed by atoms with E-state index in [2.05, 4.69) is 10.3 Å². The Hall–Kier alpha value is -3.29. The summed E-state index contributed by atoms with van der Waals surface area (Å²) in [5, 5.41) is 3.34. The first kappa shape index (κ1) is 21.3. The largest absolute Gasteiger partial charge is 0.368 e. The van der Waals surface area contributed by atoms with Crippen molar-refractivity contribution in [2.24, 2.45) is 5.92 Å². The predicted octanol–water partition coefficient (Wildman–Crippen LogP) is 4.87. The number of benzene rings is 2. The first-order valence-electron chi connectivity index (χ1n) is 11.7. The summed E-state index contributed by atoms with van der Waals surface area (Å²) in [6, 6.07) is 10.8. The Morgan fingerprint density at radius 2 is 1.94 bits per heavy atom. The highest BCUT2D eigenvalue weighted by molar-refractivity contribution is 5.88. The van der Waals surface area contributed by atoms with E-state index in [9.17, 15) is 13.6 Å². The summed E-state index contributed by atoms with van der Waals surface area (Å²) in [7, 11) is 0. The third kappa shape index (κ3) is 3.75. The summed E-state index contributed by atoms with van der Waals surface area (Å²) in [6.45, 7) is 2.01. The zero-order valence-corrected chi connectivity index (χ0v) is 18.6. The Morgan fingerprint density at radius 1 is 1.09 bits per heavy atom. The number of imidazole rings is 1. The number of allylic oxidation sites excluding steroid dienone is 2. The monoisotopic (exact) mass is 461 g/mol. The van der Waals surface area contributed by atoms with E-state index in [1.807, 2.05) is 28.8 Å². The number of H-pyrrole nitrogens is 1. The molecule has 6 rings (SSSR count). The zero-order valence-electron chi connectivity index (χ0n) is 18.6. The second-order valence-corrected chi connectivity index (χ2v) is 9.17. The van der Waals surface area contributed by atoms with E-state index in [1.54, 1.807) is 12.1 Å². The van der Waals surface area contributed by atoms with Gasteiger partial charge in [0.05, 0.1) is 23.7 Å². The van der Waals surface area contributed by atoms with E-state index in [0.717, 1.165) is 59.2 Å². The lowest BCUT2D eigenvalue weighted by Crippen LogP contribution is -2.33. The highest BCUT2D eigenvalue weighted by Crippen LogP contribution is 2.39. The molecule has 1 saturated heterocycles. The van der Waals surface area contributed by atoms with E-state index in [0.29, 0.717) is 0 Å². The van der Waals surface area contributed by atoms with Crippen molar-refractivity contribution in [2.45, 2.75) is 31.6 Å². The van der Waals surface area contributed by atoms with Gasteiger partial charge in [0.2, 0.25) is 0 Å². The van der Waals surface area contributed by atoms with Crippen LogP contribution in [0.2, 0.25) is 0 Å². The van der Waals surface area contributed by atoms with Crippen molar-refractivity contribution < 1.29 is 13.5 Å². The van der Waals surface area contributed by atoms with Gasteiger partial charge in [0.15, 0.2) is 0 Å². The van der Waals surface area contributed by atoms with E-state index in [4.69, 9.17) is 4.74 Å². The van der Waals surface area contributed by atoms with Gasteiger partial charge in [-0.3, -0.25) is 4.57 Å². The van der Waals surface area contributed by atoms with Crippen LogP contribution < -0.4 is 11.0 Å². The van der Waals surface area contributed by atoms with Crippen molar-refractivity contribution in [3.63, 3.8) is 0 Å². The SMILES string of the molecule is O=c1[nH]c2cc(/C=C3\c4ccc(F)cc4COC4C=C(F)C=CC34)ccc2n1C1CCNCC1. The van der Waals surface area contributed by atoms with Gasteiger partial charge in [0.1, 0.15) is 11.6 Å². The number of piperidine rings is 1. The predicted molar refractivity (Wildman–Crippen MR) is 128 cm³/mol. The van der Waals surface area contributed by atoms with Crippen molar-refractivity contribution in [1.29, 1.82) is 0 Å². The van der Waals surface area contributed by atoms with Crippen molar-refractivity contribution in [1.82, 2.24) is 14.9 Å². The lowest BCUT2D eigenvalue weighted by Gasteiger charge is -2.24. The number of nitrogens with zero attached hydrogens (tertiary/aromatic N) is 1. The summed E-state index contributed by atoms with van der Waals surface area (Å²) in [4.78, 5) is 15.8. The third-order valence-corrected chi connectivity index (χ3v) is 7.05. The third-order valence-electron chi connectivity index (χ3n) is 7.05. The van der Waals surface area contributed by atoms with Crippen LogP contribution in [0.15, 0.2) is 65.2 Å². The molecule has 3 aromatic rings. The quantitative estimate of drug-likeness (QED) is 0.572. The van der Waals surface area contributed by atoms with Crippen LogP contribution in [0.3, 0.4) is 0 Å². The van der Waals surface area contributed by atoms with Gasteiger partial charge in [-0.25, -0.2) is 13.6 Å². The second-order valence-electron chi connectivity index (χ2n) is 9.17. The normalized spacial score (nSPS) is 24.1. The highest BCUT2D eigenvalue weighted by Gasteiger charge is 2.31. The minimum absolute atomic E-state index is 0.0914. The molecular weight excluding hydrogens is 436 g/mol. The number of rotatable bonds is 2. The Morgan fingerprint density at radius 3 is 2.79 bits per heavy atom. The lowest BCUT2D eigenvalue weighted by atomic mass is 9.83. The van der Waals surface area contributed by atoms with E-state index < -0.39 is 6.10 Å². The number of hydrogen-bond acceptors (Lipinski definition) is 3. The van der Waals surface area contributed by atoms with Gasteiger partial charge >= 0.3 is 5.69 Å². The van der Waals surface area contributed by atoms with Crippen LogP contribution in [0, 0.1) is 11.7 Å². The maximum Gasteiger partial charge on any atom is 0.326 e. The standard InChI is InChI=1S/C27H25F2N3O2/c28-18-2-4-21-17(13-18)15-34-26-14-19(29)3-5-22(26)23(21)11-16-1-6-25-24(12-16)31-27(33)32(25)20-7-9-30-10-8-20/h1-6,11-14,20,22,26,30H,7-10,15H2,(H,31,33)/b23-11+. The number of halogens is 2. The molecule has 2 N–H and O–H groups in total. The van der Waals surface area contributed by atoms with Crippen LogP contribution in [-0.4, -0.2) is 28.7 Å². The van der Waals surface area contributed by atoms with Gasteiger partial charge in [0.25, 0.3) is 0 Å². The molecule has 0 saturated carbocycles. The topological polar surface area (TPSA) is 59.1 Å². The van der Waals surface area contributed by atoms with Crippen LogP contribution in [0.25, 0.3) is 22.7 Å². The lowest BCUT2D eigenvalue weighted by molar-refractivity contribution is 0.0599. The molecule has 0 spiro atoms. The fraction of sp³-hybridized carbons (Fsp3) is 0.296. The van der Waals surface area contributed by atoms with Gasteiger partial charge in [-0.15, -0.1) is 0 Å². The van der Waals surface area contributed by atoms with Crippen molar-refractivity contribution in [3.05, 3.63) is 93.4 Å². The number of nitrogens with one attached hydrogen (secondary N) is 2. The van der Waals surface area contributed by atoms with Crippen LogP contribution in [0.5, 0.6) is 0 Å². The van der Waals surface area contributed by atoms with Crippen LogP contribution in [0.1, 0.15) is 35.6 Å². The summed E-state index contributed by atoms with van der Waals surface area (Å²) >= 11 is 0. The summed E-state index contributed by atoms with van der Waals surface area (Å²) in [5.41, 5.74) is 5.03. The van der Waals surface area contributed by atoms with E-state index >= 15 is 0 Å². The second kappa shape index (κ2) is 8.49. The van der Waals surface area contributed by atoms with Gasteiger partial charge < -0.3 is 15.0 Å². The molecule has 5 nitrogen and oxygen atoms in total. The molecule has 2 aromatic carbocycles.